The number of aromatic nitrogens is 1. The van der Waals surface area contributed by atoms with Crippen molar-refractivity contribution < 1.29 is 4.79 Å². The predicted molar refractivity (Wildman–Crippen MR) is 122 cm³/mol. The summed E-state index contributed by atoms with van der Waals surface area (Å²) in [6, 6.07) is 5.73. The lowest BCUT2D eigenvalue weighted by molar-refractivity contribution is -0.124. The number of nitrogens with zero attached hydrogens (tertiary/aromatic N) is 2. The molecule has 1 aliphatic rings. The van der Waals surface area contributed by atoms with E-state index in [1.54, 1.807) is 7.05 Å². The highest BCUT2D eigenvalue weighted by Crippen LogP contribution is 2.37. The molecule has 6 nitrogen and oxygen atoms in total. The Kier molecular flexibility index (Phi) is 7.24. The molecular formula is C21H26ClN5OS. The largest absolute Gasteiger partial charge is 0.383 e. The number of nitrogens with one attached hydrogen (secondary N) is 3. The summed E-state index contributed by atoms with van der Waals surface area (Å²) in [6.45, 7) is 6.33. The Hall–Kier alpha value is -2.43. The summed E-state index contributed by atoms with van der Waals surface area (Å²) in [6.07, 6.45) is 1.60. The van der Waals surface area contributed by atoms with E-state index in [1.807, 2.05) is 25.1 Å². The van der Waals surface area contributed by atoms with Crippen LogP contribution in [0.4, 0.5) is 17.2 Å². The Morgan fingerprint density at radius 3 is 2.90 bits per heavy atom. The van der Waals surface area contributed by atoms with E-state index in [0.29, 0.717) is 12.4 Å². The van der Waals surface area contributed by atoms with Gasteiger partial charge in [0.15, 0.2) is 5.82 Å². The number of hydrogen-bond donors (Lipinski definition) is 3. The molecule has 0 saturated carbocycles. The maximum atomic E-state index is 12.0. The summed E-state index contributed by atoms with van der Waals surface area (Å²) in [4.78, 5) is 19.9. The Morgan fingerprint density at radius 2 is 2.24 bits per heavy atom. The fourth-order valence-corrected chi connectivity index (χ4v) is 4.20. The van der Waals surface area contributed by atoms with Crippen LogP contribution < -0.4 is 20.9 Å². The van der Waals surface area contributed by atoms with Crippen LogP contribution in [0.1, 0.15) is 37.3 Å². The lowest BCUT2D eigenvalue weighted by Gasteiger charge is -2.20. The summed E-state index contributed by atoms with van der Waals surface area (Å²) in [5.74, 6) is 7.27. The zero-order chi connectivity index (χ0) is 20.8. The molecule has 154 valence electrons. The second-order valence-corrected chi connectivity index (χ2v) is 8.46. The van der Waals surface area contributed by atoms with Gasteiger partial charge in [-0.15, -0.1) is 11.3 Å². The molecule has 0 spiro atoms. The maximum absolute atomic E-state index is 12.0. The average molecular weight is 432 g/mol. The number of hydrogen-bond acceptors (Lipinski definition) is 6. The van der Waals surface area contributed by atoms with Gasteiger partial charge in [0.25, 0.3) is 0 Å². The van der Waals surface area contributed by atoms with E-state index in [2.05, 4.69) is 39.6 Å². The van der Waals surface area contributed by atoms with E-state index in [9.17, 15) is 4.79 Å². The third-order valence-corrected chi connectivity index (χ3v) is 6.00. The molecule has 1 unspecified atom stereocenters. The molecule has 0 radical (unpaired) electrons. The fraction of sp³-hybridized carbons (Fsp3) is 0.429. The van der Waals surface area contributed by atoms with Gasteiger partial charge in [0.05, 0.1) is 21.6 Å². The van der Waals surface area contributed by atoms with Crippen LogP contribution >= 0.6 is 22.9 Å². The van der Waals surface area contributed by atoms with Gasteiger partial charge in [-0.3, -0.25) is 4.79 Å². The van der Waals surface area contributed by atoms with Gasteiger partial charge in [-0.1, -0.05) is 18.5 Å². The van der Waals surface area contributed by atoms with Crippen LogP contribution in [0.5, 0.6) is 0 Å². The first-order valence-corrected chi connectivity index (χ1v) is 11.0. The molecule has 0 aromatic carbocycles. The molecule has 3 rings (SSSR count). The third-order valence-electron chi connectivity index (χ3n) is 4.86. The first-order chi connectivity index (χ1) is 14.0. The van der Waals surface area contributed by atoms with Crippen LogP contribution in [0.3, 0.4) is 0 Å². The van der Waals surface area contributed by atoms with Crippen LogP contribution in [0.2, 0.25) is 4.34 Å². The van der Waals surface area contributed by atoms with E-state index >= 15 is 0 Å². The first kappa shape index (κ1) is 21.3. The molecule has 1 aliphatic heterocycles. The summed E-state index contributed by atoms with van der Waals surface area (Å²) in [7, 11) is 1.69. The molecular weight excluding hydrogens is 406 g/mol. The molecule has 3 heterocycles. The van der Waals surface area contributed by atoms with E-state index in [1.165, 1.54) is 11.3 Å². The number of rotatable bonds is 7. The number of carbonyl (C=O) groups excluding carboxylic acids is 1. The highest BCUT2D eigenvalue weighted by atomic mass is 35.5. The zero-order valence-corrected chi connectivity index (χ0v) is 18.5. The van der Waals surface area contributed by atoms with Crippen LogP contribution in [-0.2, 0) is 4.79 Å². The minimum absolute atomic E-state index is 0.00355. The molecule has 0 aliphatic carbocycles. The van der Waals surface area contributed by atoms with E-state index in [-0.39, 0.29) is 11.8 Å². The summed E-state index contributed by atoms with van der Waals surface area (Å²) in [5, 5.41) is 9.58. The third kappa shape index (κ3) is 5.14. The van der Waals surface area contributed by atoms with Gasteiger partial charge >= 0.3 is 0 Å². The SMILES string of the molecule is CCNc1cc(C#Cc2ccc(Cl)s2)nc2c1NCN2CCC(CC)C(=O)NC. The van der Waals surface area contributed by atoms with E-state index < -0.39 is 0 Å². The number of pyridine rings is 1. The molecule has 3 N–H and O–H groups in total. The topological polar surface area (TPSA) is 69.3 Å². The molecule has 0 bridgehead atoms. The summed E-state index contributed by atoms with van der Waals surface area (Å²) >= 11 is 7.44. The number of halogens is 1. The molecule has 0 fully saturated rings. The molecule has 1 atom stereocenters. The highest BCUT2D eigenvalue weighted by Gasteiger charge is 2.25. The van der Waals surface area contributed by atoms with Gasteiger partial charge < -0.3 is 20.9 Å². The van der Waals surface area contributed by atoms with Gasteiger partial charge in [-0.25, -0.2) is 4.98 Å². The van der Waals surface area contributed by atoms with Crippen molar-refractivity contribution in [1.82, 2.24) is 10.3 Å². The Labute approximate surface area is 181 Å². The van der Waals surface area contributed by atoms with Gasteiger partial charge in [-0.05, 0) is 49.8 Å². The van der Waals surface area contributed by atoms with Gasteiger partial charge in [0.1, 0.15) is 11.4 Å². The number of thiophene rings is 1. The molecule has 0 saturated heterocycles. The lowest BCUT2D eigenvalue weighted by atomic mass is 10.0. The zero-order valence-electron chi connectivity index (χ0n) is 16.9. The Morgan fingerprint density at radius 1 is 1.41 bits per heavy atom. The minimum Gasteiger partial charge on any atom is -0.383 e. The van der Waals surface area contributed by atoms with Crippen molar-refractivity contribution in [3.05, 3.63) is 33.1 Å². The van der Waals surface area contributed by atoms with Crippen molar-refractivity contribution in [3.63, 3.8) is 0 Å². The average Bonchev–Trinajstić information content (AvgIpc) is 3.33. The molecule has 8 heteroatoms. The van der Waals surface area contributed by atoms with Crippen LogP contribution in [0.15, 0.2) is 18.2 Å². The van der Waals surface area contributed by atoms with Crippen LogP contribution in [0, 0.1) is 17.8 Å². The molecule has 29 heavy (non-hydrogen) atoms. The van der Waals surface area contributed by atoms with E-state index in [4.69, 9.17) is 16.6 Å². The quantitative estimate of drug-likeness (QED) is 0.578. The van der Waals surface area contributed by atoms with Crippen molar-refractivity contribution in [2.75, 3.05) is 42.3 Å². The minimum atomic E-state index is 0.00355. The van der Waals surface area contributed by atoms with Crippen molar-refractivity contribution in [3.8, 4) is 11.8 Å². The summed E-state index contributed by atoms with van der Waals surface area (Å²) in [5.41, 5.74) is 2.69. The highest BCUT2D eigenvalue weighted by molar-refractivity contribution is 7.16. The normalized spacial score (nSPS) is 13.2. The molecule has 1 amide bonds. The van der Waals surface area contributed by atoms with Gasteiger partial charge in [0, 0.05) is 26.1 Å². The van der Waals surface area contributed by atoms with Gasteiger partial charge in [0.2, 0.25) is 5.91 Å². The predicted octanol–water partition coefficient (Wildman–Crippen LogP) is 3.98. The molecule has 2 aromatic heterocycles. The Balaban J connectivity index is 1.84. The fourth-order valence-electron chi connectivity index (χ4n) is 3.31. The maximum Gasteiger partial charge on any atom is 0.222 e. The van der Waals surface area contributed by atoms with Crippen LogP contribution in [0.25, 0.3) is 0 Å². The Bertz CT molecular complexity index is 933. The number of amides is 1. The van der Waals surface area contributed by atoms with Crippen molar-refractivity contribution >= 4 is 46.0 Å². The van der Waals surface area contributed by atoms with Gasteiger partial charge in [-0.2, -0.15) is 0 Å². The number of carbonyl (C=O) groups is 1. The van der Waals surface area contributed by atoms with Crippen molar-refractivity contribution in [2.45, 2.75) is 26.7 Å². The standard InChI is InChI=1S/C21H26ClN5OS/c1-4-14(21(28)23-3)10-11-27-13-25-19-17(24-5-2)12-15(26-20(19)27)6-7-16-8-9-18(22)29-16/h8-9,12,14,25H,4-5,10-11,13H2,1-3H3,(H,23,28)(H,24,26). The smallest absolute Gasteiger partial charge is 0.222 e. The second-order valence-electron chi connectivity index (χ2n) is 6.74. The van der Waals surface area contributed by atoms with Crippen LogP contribution in [-0.4, -0.2) is 37.7 Å². The molecule has 2 aromatic rings. The monoisotopic (exact) mass is 431 g/mol. The van der Waals surface area contributed by atoms with Crippen molar-refractivity contribution in [1.29, 1.82) is 0 Å². The van der Waals surface area contributed by atoms with E-state index in [0.717, 1.165) is 52.3 Å². The first-order valence-electron chi connectivity index (χ1n) is 9.82. The lowest BCUT2D eigenvalue weighted by Crippen LogP contribution is -2.32. The number of fused-ring (bicyclic) bond motifs is 1. The summed E-state index contributed by atoms with van der Waals surface area (Å²) < 4.78 is 0.724. The number of anilines is 3. The van der Waals surface area contributed by atoms with Crippen molar-refractivity contribution in [2.24, 2.45) is 5.92 Å². The second kappa shape index (κ2) is 9.86.